The molecule has 0 fully saturated rings. The summed E-state index contributed by atoms with van der Waals surface area (Å²) in [6, 6.07) is 0. The standard InChI is InChI=1S/C9H12N6O2S/c1-17-6(16)2-3-18-8-5-4-11-15-7(5)12-9(13-8)14-10/h4H,2-3,10H2,1H3,(H2,11,12,13,14,15). The fourth-order valence-electron chi connectivity index (χ4n) is 1.32. The lowest BCUT2D eigenvalue weighted by molar-refractivity contribution is -0.140. The first-order chi connectivity index (χ1) is 8.74. The third-order valence-corrected chi connectivity index (χ3v) is 3.17. The van der Waals surface area contributed by atoms with E-state index in [2.05, 4.69) is 30.3 Å². The Hall–Kier alpha value is -1.87. The number of fused-ring (bicyclic) bond motifs is 1. The quantitative estimate of drug-likeness (QED) is 0.233. The number of hydrazine groups is 1. The van der Waals surface area contributed by atoms with Gasteiger partial charge in [-0.3, -0.25) is 15.3 Å². The lowest BCUT2D eigenvalue weighted by atomic mass is 10.4. The predicted molar refractivity (Wildman–Crippen MR) is 66.9 cm³/mol. The summed E-state index contributed by atoms with van der Waals surface area (Å²) < 4.78 is 4.57. The lowest BCUT2D eigenvalue weighted by Crippen LogP contribution is -2.11. The molecule has 0 saturated carbocycles. The predicted octanol–water partition coefficient (Wildman–Crippen LogP) is 0.294. The highest BCUT2D eigenvalue weighted by molar-refractivity contribution is 7.99. The second-order valence-electron chi connectivity index (χ2n) is 3.30. The van der Waals surface area contributed by atoms with Crippen molar-refractivity contribution in [1.82, 2.24) is 20.2 Å². The molecule has 9 heteroatoms. The molecule has 96 valence electrons. The van der Waals surface area contributed by atoms with Crippen molar-refractivity contribution in [2.24, 2.45) is 5.84 Å². The van der Waals surface area contributed by atoms with Gasteiger partial charge in [-0.1, -0.05) is 0 Å². The Morgan fingerprint density at radius 2 is 2.44 bits per heavy atom. The molecule has 2 aromatic rings. The number of hydrogen-bond donors (Lipinski definition) is 3. The van der Waals surface area contributed by atoms with Crippen LogP contribution < -0.4 is 11.3 Å². The van der Waals surface area contributed by atoms with Crippen LogP contribution in [0.3, 0.4) is 0 Å². The number of aromatic amines is 1. The van der Waals surface area contributed by atoms with Crippen molar-refractivity contribution in [3.8, 4) is 0 Å². The van der Waals surface area contributed by atoms with Gasteiger partial charge < -0.3 is 4.74 Å². The van der Waals surface area contributed by atoms with E-state index in [1.54, 1.807) is 6.20 Å². The van der Waals surface area contributed by atoms with Crippen LogP contribution in [0.2, 0.25) is 0 Å². The Kier molecular flexibility index (Phi) is 3.95. The molecule has 0 amide bonds. The zero-order chi connectivity index (χ0) is 13.0. The highest BCUT2D eigenvalue weighted by Crippen LogP contribution is 2.25. The van der Waals surface area contributed by atoms with Gasteiger partial charge in [0, 0.05) is 5.75 Å². The van der Waals surface area contributed by atoms with Crippen LogP contribution >= 0.6 is 11.8 Å². The normalized spacial score (nSPS) is 10.6. The Bertz CT molecular complexity index is 557. The number of ether oxygens (including phenoxy) is 1. The van der Waals surface area contributed by atoms with Crippen molar-refractivity contribution < 1.29 is 9.53 Å². The van der Waals surface area contributed by atoms with E-state index in [4.69, 9.17) is 5.84 Å². The van der Waals surface area contributed by atoms with Crippen LogP contribution in [0.15, 0.2) is 11.2 Å². The first kappa shape index (κ1) is 12.6. The number of aromatic nitrogens is 4. The van der Waals surface area contributed by atoms with Gasteiger partial charge in [-0.25, -0.2) is 10.8 Å². The first-order valence-corrected chi connectivity index (χ1v) is 6.10. The van der Waals surface area contributed by atoms with Gasteiger partial charge in [-0.15, -0.1) is 11.8 Å². The highest BCUT2D eigenvalue weighted by Gasteiger charge is 2.10. The molecular weight excluding hydrogens is 256 g/mol. The first-order valence-electron chi connectivity index (χ1n) is 5.12. The molecule has 8 nitrogen and oxygen atoms in total. The number of carbonyl (C=O) groups is 1. The monoisotopic (exact) mass is 268 g/mol. The van der Waals surface area contributed by atoms with Crippen molar-refractivity contribution in [3.05, 3.63) is 6.20 Å². The molecular formula is C9H12N6O2S. The number of nitrogens with two attached hydrogens (primary N) is 1. The van der Waals surface area contributed by atoms with Gasteiger partial charge in [0.05, 0.1) is 25.1 Å². The van der Waals surface area contributed by atoms with Crippen LogP contribution in [0.4, 0.5) is 5.95 Å². The number of carbonyl (C=O) groups excluding carboxylic acids is 1. The van der Waals surface area contributed by atoms with E-state index in [1.165, 1.54) is 18.9 Å². The average Bonchev–Trinajstić information content (AvgIpc) is 2.86. The molecule has 2 rings (SSSR count). The summed E-state index contributed by atoms with van der Waals surface area (Å²) in [5.74, 6) is 5.89. The third kappa shape index (κ3) is 2.68. The molecule has 0 aliphatic rings. The number of thioether (sulfide) groups is 1. The molecule has 4 N–H and O–H groups in total. The van der Waals surface area contributed by atoms with Crippen LogP contribution in [0.1, 0.15) is 6.42 Å². The summed E-state index contributed by atoms with van der Waals surface area (Å²) in [4.78, 5) is 19.3. The van der Waals surface area contributed by atoms with Gasteiger partial charge in [0.1, 0.15) is 5.03 Å². The summed E-state index contributed by atoms with van der Waals surface area (Å²) in [6.45, 7) is 0. The Morgan fingerprint density at radius 1 is 1.61 bits per heavy atom. The second kappa shape index (κ2) is 5.65. The molecule has 18 heavy (non-hydrogen) atoms. The molecule has 2 aromatic heterocycles. The van der Waals surface area contributed by atoms with Crippen LogP contribution in [-0.2, 0) is 9.53 Å². The summed E-state index contributed by atoms with van der Waals surface area (Å²) in [6.07, 6.45) is 1.95. The maximum Gasteiger partial charge on any atom is 0.306 e. The van der Waals surface area contributed by atoms with E-state index < -0.39 is 0 Å². The Balaban J connectivity index is 2.15. The summed E-state index contributed by atoms with van der Waals surface area (Å²) >= 11 is 1.42. The maximum absolute atomic E-state index is 11.0. The number of methoxy groups -OCH3 is 1. The number of H-pyrrole nitrogens is 1. The van der Waals surface area contributed by atoms with E-state index in [0.717, 1.165) is 5.39 Å². The molecule has 0 aliphatic carbocycles. The molecule has 0 spiro atoms. The van der Waals surface area contributed by atoms with Gasteiger partial charge in [0.2, 0.25) is 5.95 Å². The van der Waals surface area contributed by atoms with E-state index >= 15 is 0 Å². The molecule has 0 saturated heterocycles. The van der Waals surface area contributed by atoms with Crippen LogP contribution in [-0.4, -0.2) is 39.0 Å². The zero-order valence-electron chi connectivity index (χ0n) is 9.64. The highest BCUT2D eigenvalue weighted by atomic mass is 32.2. The third-order valence-electron chi connectivity index (χ3n) is 2.18. The van der Waals surface area contributed by atoms with Crippen LogP contribution in [0, 0.1) is 0 Å². The fourth-order valence-corrected chi connectivity index (χ4v) is 2.23. The molecule has 0 unspecified atom stereocenters. The number of nitrogen functional groups attached to an aromatic ring is 1. The second-order valence-corrected chi connectivity index (χ2v) is 4.39. The number of esters is 1. The number of nitrogens with zero attached hydrogens (tertiary/aromatic N) is 3. The Morgan fingerprint density at radius 3 is 3.17 bits per heavy atom. The minimum atomic E-state index is -0.253. The van der Waals surface area contributed by atoms with Gasteiger partial charge in [-0.05, 0) is 0 Å². The van der Waals surface area contributed by atoms with Crippen molar-refractivity contribution in [2.45, 2.75) is 11.4 Å². The number of hydrogen-bond acceptors (Lipinski definition) is 8. The lowest BCUT2D eigenvalue weighted by Gasteiger charge is -2.04. The maximum atomic E-state index is 11.0. The van der Waals surface area contributed by atoms with Gasteiger partial charge >= 0.3 is 5.97 Å². The molecule has 0 aliphatic heterocycles. The van der Waals surface area contributed by atoms with Crippen LogP contribution in [0.5, 0.6) is 0 Å². The largest absolute Gasteiger partial charge is 0.469 e. The van der Waals surface area contributed by atoms with Crippen molar-refractivity contribution in [1.29, 1.82) is 0 Å². The van der Waals surface area contributed by atoms with Gasteiger partial charge in [0.25, 0.3) is 0 Å². The minimum Gasteiger partial charge on any atom is -0.469 e. The average molecular weight is 268 g/mol. The topological polar surface area (TPSA) is 119 Å². The molecule has 0 aromatic carbocycles. The molecule has 0 bridgehead atoms. The van der Waals surface area contributed by atoms with Crippen molar-refractivity contribution in [3.63, 3.8) is 0 Å². The summed E-state index contributed by atoms with van der Waals surface area (Å²) in [5, 5.41) is 8.15. The van der Waals surface area contributed by atoms with Crippen LogP contribution in [0.25, 0.3) is 11.0 Å². The van der Waals surface area contributed by atoms with Crippen molar-refractivity contribution in [2.75, 3.05) is 18.3 Å². The van der Waals surface area contributed by atoms with E-state index in [-0.39, 0.29) is 5.97 Å². The SMILES string of the molecule is COC(=O)CCSc1nc(NN)nc2[nH]ncc12. The summed E-state index contributed by atoms with van der Waals surface area (Å²) in [5.41, 5.74) is 2.98. The number of anilines is 1. The Labute approximate surface area is 107 Å². The van der Waals surface area contributed by atoms with Gasteiger partial charge in [-0.2, -0.15) is 10.1 Å². The summed E-state index contributed by atoms with van der Waals surface area (Å²) in [7, 11) is 1.36. The van der Waals surface area contributed by atoms with E-state index in [9.17, 15) is 4.79 Å². The van der Waals surface area contributed by atoms with E-state index in [1.807, 2.05) is 0 Å². The zero-order valence-corrected chi connectivity index (χ0v) is 10.5. The van der Waals surface area contributed by atoms with Crippen molar-refractivity contribution >= 4 is 34.7 Å². The van der Waals surface area contributed by atoms with Gasteiger partial charge in [0.15, 0.2) is 5.65 Å². The molecule has 0 radical (unpaired) electrons. The number of rotatable bonds is 5. The van der Waals surface area contributed by atoms with E-state index in [0.29, 0.717) is 28.8 Å². The molecule has 2 heterocycles. The molecule has 0 atom stereocenters. The minimum absolute atomic E-state index is 0.253. The fraction of sp³-hybridized carbons (Fsp3) is 0.333. The smallest absolute Gasteiger partial charge is 0.306 e. The number of nitrogens with one attached hydrogen (secondary N) is 2.